The van der Waals surface area contributed by atoms with Crippen molar-refractivity contribution in [2.24, 2.45) is 11.8 Å². The number of imidazole rings is 1. The van der Waals surface area contributed by atoms with Crippen molar-refractivity contribution in [3.05, 3.63) is 71.7 Å². The summed E-state index contributed by atoms with van der Waals surface area (Å²) >= 11 is 0. The number of nitrogens with zero attached hydrogens (tertiary/aromatic N) is 4. The zero-order valence-corrected chi connectivity index (χ0v) is 38.7. The average molecular weight is 896 g/mol. The van der Waals surface area contributed by atoms with Crippen LogP contribution in [-0.2, 0) is 54.5 Å². The molecule has 4 unspecified atom stereocenters. The molecule has 2 aromatic carbocycles. The van der Waals surface area contributed by atoms with Crippen LogP contribution in [0.3, 0.4) is 0 Å². The lowest BCUT2D eigenvalue weighted by Gasteiger charge is -2.36. The zero-order chi connectivity index (χ0) is 46.0. The minimum Gasteiger partial charge on any atom is -0.453 e. The number of oxazole rings is 1. The molecule has 2 aromatic heterocycles. The highest BCUT2D eigenvalue weighted by Gasteiger charge is 2.38. The van der Waals surface area contributed by atoms with Gasteiger partial charge in [0.25, 0.3) is 0 Å². The summed E-state index contributed by atoms with van der Waals surface area (Å²) in [6.07, 6.45) is 9.23. The summed E-state index contributed by atoms with van der Waals surface area (Å²) in [5.74, 6) is 0.599. The molecule has 4 atom stereocenters. The van der Waals surface area contributed by atoms with E-state index in [9.17, 15) is 19.2 Å². The van der Waals surface area contributed by atoms with E-state index in [2.05, 4.69) is 57.0 Å². The highest BCUT2D eigenvalue weighted by Crippen LogP contribution is 2.39. The maximum atomic E-state index is 14.2. The molecule has 2 aliphatic heterocycles. The molecule has 0 saturated carbocycles. The van der Waals surface area contributed by atoms with Gasteiger partial charge in [-0.3, -0.25) is 9.59 Å². The van der Waals surface area contributed by atoms with Crippen molar-refractivity contribution in [2.45, 2.75) is 123 Å². The number of rotatable bonds is 17. The number of aromatic amines is 1. The standard InChI is InChI=1S/C49H65N7O9/c1-7-30(3)55(46(57)44(53-48(59)61-5)34-18-22-63-23-19-34)27-42-50-26-40(51-42)33-14-12-32(13-15-33)36-16-17-39(38-11-9-10-37(36)38)41-29-65-43(52-41)28-56(31(4)8-2)47(58)45(54-49(60)62-6)35-20-24-64-25-21-35/h12-17,26,29-31,34-35,44-45H,7-11,18-25,27-28H2,1-6H3,(H,50,51)(H,53,59)(H,54,60). The summed E-state index contributed by atoms with van der Waals surface area (Å²) in [4.78, 5) is 69.7. The van der Waals surface area contributed by atoms with E-state index in [1.165, 1.54) is 30.9 Å². The first-order valence-corrected chi connectivity index (χ1v) is 23.2. The van der Waals surface area contributed by atoms with Crippen LogP contribution < -0.4 is 10.6 Å². The topological polar surface area (TPSA) is 190 Å². The lowest BCUT2D eigenvalue weighted by atomic mass is 9.90. The first-order valence-electron chi connectivity index (χ1n) is 23.2. The molecule has 4 heterocycles. The minimum atomic E-state index is -0.751. The van der Waals surface area contributed by atoms with Gasteiger partial charge in [0.05, 0.1) is 39.2 Å². The first kappa shape index (κ1) is 47.2. The molecule has 0 bridgehead atoms. The molecule has 16 heteroatoms. The molecule has 4 aromatic rings. The molecular formula is C49H65N7O9. The third kappa shape index (κ3) is 11.0. The van der Waals surface area contributed by atoms with Crippen molar-refractivity contribution in [1.29, 1.82) is 0 Å². The maximum absolute atomic E-state index is 14.2. The van der Waals surface area contributed by atoms with Gasteiger partial charge < -0.3 is 48.8 Å². The summed E-state index contributed by atoms with van der Waals surface area (Å²) in [5, 5.41) is 5.63. The predicted octanol–water partition coefficient (Wildman–Crippen LogP) is 7.44. The van der Waals surface area contributed by atoms with Crippen LogP contribution in [0.2, 0.25) is 0 Å². The molecule has 2 saturated heterocycles. The van der Waals surface area contributed by atoms with Gasteiger partial charge in [-0.2, -0.15) is 0 Å². The van der Waals surface area contributed by atoms with Gasteiger partial charge in [-0.25, -0.2) is 19.6 Å². The normalized spacial score (nSPS) is 17.3. The van der Waals surface area contributed by atoms with Gasteiger partial charge in [0, 0.05) is 44.1 Å². The van der Waals surface area contributed by atoms with Gasteiger partial charge in [0.15, 0.2) is 0 Å². The first-order chi connectivity index (χ1) is 31.5. The number of nitrogens with one attached hydrogen (secondary N) is 3. The Hall–Kier alpha value is -5.74. The molecular weight excluding hydrogens is 831 g/mol. The van der Waals surface area contributed by atoms with Crippen LogP contribution in [0.15, 0.2) is 53.3 Å². The second kappa shape index (κ2) is 22.0. The van der Waals surface area contributed by atoms with E-state index in [0.29, 0.717) is 70.2 Å². The number of alkyl carbamates (subject to hydrolysis) is 2. The van der Waals surface area contributed by atoms with Gasteiger partial charge >= 0.3 is 12.2 Å². The van der Waals surface area contributed by atoms with Gasteiger partial charge in [0.1, 0.15) is 29.9 Å². The van der Waals surface area contributed by atoms with Crippen molar-refractivity contribution in [2.75, 3.05) is 40.6 Å². The quantitative estimate of drug-likeness (QED) is 0.0955. The third-order valence-corrected chi connectivity index (χ3v) is 13.6. The van der Waals surface area contributed by atoms with E-state index in [1.54, 1.807) is 22.3 Å². The Bertz CT molecular complexity index is 2250. The second-order valence-corrected chi connectivity index (χ2v) is 17.5. The van der Waals surface area contributed by atoms with Crippen LogP contribution in [0, 0.1) is 11.8 Å². The summed E-state index contributed by atoms with van der Waals surface area (Å²) in [7, 11) is 2.60. The number of benzene rings is 2. The van der Waals surface area contributed by atoms with E-state index in [0.717, 1.165) is 53.8 Å². The molecule has 350 valence electrons. The van der Waals surface area contributed by atoms with Gasteiger partial charge in [-0.15, -0.1) is 0 Å². The second-order valence-electron chi connectivity index (χ2n) is 17.5. The summed E-state index contributed by atoms with van der Waals surface area (Å²) < 4.78 is 27.0. The highest BCUT2D eigenvalue weighted by molar-refractivity contribution is 5.87. The molecule has 16 nitrogen and oxygen atoms in total. The average Bonchev–Trinajstić information content (AvgIpc) is 4.15. The van der Waals surface area contributed by atoms with E-state index in [-0.39, 0.29) is 48.8 Å². The number of carbonyl (C=O) groups excluding carboxylic acids is 4. The van der Waals surface area contributed by atoms with E-state index in [1.807, 2.05) is 27.7 Å². The van der Waals surface area contributed by atoms with E-state index >= 15 is 0 Å². The monoisotopic (exact) mass is 895 g/mol. The van der Waals surface area contributed by atoms with Crippen LogP contribution in [0.5, 0.6) is 0 Å². The lowest BCUT2D eigenvalue weighted by molar-refractivity contribution is -0.139. The summed E-state index contributed by atoms with van der Waals surface area (Å²) in [6, 6.07) is 11.0. The Labute approximate surface area is 381 Å². The largest absolute Gasteiger partial charge is 0.453 e. The smallest absolute Gasteiger partial charge is 0.407 e. The summed E-state index contributed by atoms with van der Waals surface area (Å²) in [6.45, 7) is 10.7. The molecule has 3 N–H and O–H groups in total. The van der Waals surface area contributed by atoms with Crippen LogP contribution >= 0.6 is 0 Å². The van der Waals surface area contributed by atoms with Gasteiger partial charge in [-0.05, 0) is 111 Å². The molecule has 65 heavy (non-hydrogen) atoms. The van der Waals surface area contributed by atoms with Crippen LogP contribution in [0.4, 0.5) is 9.59 Å². The molecule has 0 spiro atoms. The number of fused-ring (bicyclic) bond motifs is 1. The fourth-order valence-electron chi connectivity index (χ4n) is 9.38. The lowest BCUT2D eigenvalue weighted by Crippen LogP contribution is -2.55. The fraction of sp³-hybridized carbons (Fsp3) is 0.551. The van der Waals surface area contributed by atoms with Crippen molar-refractivity contribution in [3.8, 4) is 33.6 Å². The fourth-order valence-corrected chi connectivity index (χ4v) is 9.38. The van der Waals surface area contributed by atoms with Crippen molar-refractivity contribution in [3.63, 3.8) is 0 Å². The third-order valence-electron chi connectivity index (χ3n) is 13.6. The highest BCUT2D eigenvalue weighted by atomic mass is 16.5. The Kier molecular flexibility index (Phi) is 16.0. The number of amides is 4. The molecule has 7 rings (SSSR count). The predicted molar refractivity (Wildman–Crippen MR) is 243 cm³/mol. The van der Waals surface area contributed by atoms with Crippen molar-refractivity contribution in [1.82, 2.24) is 35.4 Å². The number of carbonyl (C=O) groups is 4. The number of methoxy groups -OCH3 is 2. The minimum absolute atomic E-state index is 0.0598. The number of aromatic nitrogens is 3. The van der Waals surface area contributed by atoms with Crippen molar-refractivity contribution < 1.29 is 42.5 Å². The molecule has 3 aliphatic rings. The Morgan fingerprint density at radius 3 is 1.78 bits per heavy atom. The number of H-pyrrole nitrogens is 1. The van der Waals surface area contributed by atoms with Crippen LogP contribution in [0.1, 0.15) is 95.5 Å². The van der Waals surface area contributed by atoms with Crippen LogP contribution in [0.25, 0.3) is 33.6 Å². The van der Waals surface area contributed by atoms with Gasteiger partial charge in [-0.1, -0.05) is 50.2 Å². The molecule has 4 amide bonds. The van der Waals surface area contributed by atoms with Crippen molar-refractivity contribution >= 4 is 24.0 Å². The number of hydrogen-bond donors (Lipinski definition) is 3. The maximum Gasteiger partial charge on any atom is 0.407 e. The van der Waals surface area contributed by atoms with E-state index in [4.69, 9.17) is 28.3 Å². The SMILES string of the molecule is CCC(C)N(Cc1ncc(-c2ccc(-c3ccc(-c4coc(CN(C(=O)C(NC(=O)OC)C5CCOCC5)C(C)CC)n4)c4c3CCC4)cc2)[nH]1)C(=O)C(NC(=O)OC)C1CCOCC1. The summed E-state index contributed by atoms with van der Waals surface area (Å²) in [5.41, 5.74) is 8.39. The molecule has 1 aliphatic carbocycles. The number of ether oxygens (including phenoxy) is 4. The number of hydrogen-bond acceptors (Lipinski definition) is 11. The Balaban J connectivity index is 1.06. The molecule has 0 radical (unpaired) electrons. The zero-order valence-electron chi connectivity index (χ0n) is 38.7. The van der Waals surface area contributed by atoms with Gasteiger partial charge in [0.2, 0.25) is 17.7 Å². The Morgan fingerprint density at radius 2 is 1.25 bits per heavy atom. The van der Waals surface area contributed by atoms with Crippen LogP contribution in [-0.4, -0.2) is 114 Å². The van der Waals surface area contributed by atoms with E-state index < -0.39 is 24.3 Å². The Morgan fingerprint density at radius 1 is 0.738 bits per heavy atom. The molecule has 2 fully saturated rings.